The van der Waals surface area contributed by atoms with Gasteiger partial charge in [0.15, 0.2) is 5.78 Å². The number of hydrogen-bond donors (Lipinski definition) is 1. The van der Waals surface area contributed by atoms with E-state index < -0.39 is 22.8 Å². The average Bonchev–Trinajstić information content (AvgIpc) is 2.41. The second kappa shape index (κ2) is 5.52. The maximum absolute atomic E-state index is 13.2. The Morgan fingerprint density at radius 1 is 1.35 bits per heavy atom. The number of carbonyl (C=O) groups excluding carboxylic acids is 1. The Hall–Kier alpha value is -2.70. The molecule has 1 heterocycles. The van der Waals surface area contributed by atoms with E-state index in [0.717, 1.165) is 16.7 Å². The first kappa shape index (κ1) is 13.7. The van der Waals surface area contributed by atoms with Crippen LogP contribution in [0.4, 0.5) is 4.39 Å². The minimum atomic E-state index is -0.707. The largest absolute Gasteiger partial charge is 0.496 e. The molecule has 0 saturated carbocycles. The van der Waals surface area contributed by atoms with E-state index >= 15 is 0 Å². The van der Waals surface area contributed by atoms with Gasteiger partial charge in [-0.3, -0.25) is 19.1 Å². The molecule has 0 unspecified atom stereocenters. The molecule has 104 valence electrons. The summed E-state index contributed by atoms with van der Waals surface area (Å²) in [5.41, 5.74) is -1.23. The Morgan fingerprint density at radius 3 is 2.75 bits per heavy atom. The first-order chi connectivity index (χ1) is 9.51. The number of nitrogens with zero attached hydrogens (tertiary/aromatic N) is 1. The lowest BCUT2D eigenvalue weighted by molar-refractivity contribution is 0.0966. The van der Waals surface area contributed by atoms with Crippen LogP contribution in [0, 0.1) is 5.82 Å². The Bertz CT molecular complexity index is 763. The van der Waals surface area contributed by atoms with Crippen LogP contribution in [0.3, 0.4) is 0 Å². The zero-order chi connectivity index (χ0) is 14.7. The van der Waals surface area contributed by atoms with Crippen LogP contribution in [0.1, 0.15) is 10.4 Å². The molecule has 1 aromatic carbocycles. The smallest absolute Gasteiger partial charge is 0.328 e. The summed E-state index contributed by atoms with van der Waals surface area (Å²) in [5.74, 6) is -0.868. The zero-order valence-electron chi connectivity index (χ0n) is 10.6. The van der Waals surface area contributed by atoms with Crippen molar-refractivity contribution in [2.45, 2.75) is 6.54 Å². The summed E-state index contributed by atoms with van der Waals surface area (Å²) >= 11 is 0. The van der Waals surface area contributed by atoms with Crippen molar-refractivity contribution < 1.29 is 13.9 Å². The SMILES string of the molecule is COc1ccc(F)cc1C(=O)Cn1ccc(=O)[nH]c1=O. The highest BCUT2D eigenvalue weighted by Gasteiger charge is 2.14. The van der Waals surface area contributed by atoms with Gasteiger partial charge in [-0.2, -0.15) is 0 Å². The highest BCUT2D eigenvalue weighted by Crippen LogP contribution is 2.20. The molecular formula is C13H11FN2O4. The highest BCUT2D eigenvalue weighted by molar-refractivity contribution is 5.98. The number of methoxy groups -OCH3 is 1. The van der Waals surface area contributed by atoms with Gasteiger partial charge in [0.2, 0.25) is 0 Å². The maximum atomic E-state index is 13.2. The average molecular weight is 278 g/mol. The lowest BCUT2D eigenvalue weighted by Crippen LogP contribution is -2.31. The van der Waals surface area contributed by atoms with E-state index in [0.29, 0.717) is 0 Å². The van der Waals surface area contributed by atoms with E-state index in [1.807, 2.05) is 4.98 Å². The molecule has 7 heteroatoms. The molecule has 0 aliphatic carbocycles. The molecule has 0 radical (unpaired) electrons. The van der Waals surface area contributed by atoms with Crippen LogP contribution in [0.25, 0.3) is 0 Å². The molecule has 6 nitrogen and oxygen atoms in total. The molecule has 0 atom stereocenters. The third-order valence-electron chi connectivity index (χ3n) is 2.67. The van der Waals surface area contributed by atoms with Crippen LogP contribution < -0.4 is 16.0 Å². The molecule has 0 amide bonds. The van der Waals surface area contributed by atoms with Gasteiger partial charge in [-0.05, 0) is 18.2 Å². The fourth-order valence-corrected chi connectivity index (χ4v) is 1.71. The van der Waals surface area contributed by atoms with Gasteiger partial charge < -0.3 is 4.74 Å². The predicted molar refractivity (Wildman–Crippen MR) is 68.6 cm³/mol. The van der Waals surface area contributed by atoms with Crippen molar-refractivity contribution in [3.05, 3.63) is 62.7 Å². The Balaban J connectivity index is 2.35. The fraction of sp³-hybridized carbons (Fsp3) is 0.154. The third-order valence-corrected chi connectivity index (χ3v) is 2.67. The number of ether oxygens (including phenoxy) is 1. The number of Topliss-reactive ketones (excluding diaryl/α,β-unsaturated/α-hetero) is 1. The zero-order valence-corrected chi connectivity index (χ0v) is 10.6. The van der Waals surface area contributed by atoms with Gasteiger partial charge in [-0.1, -0.05) is 0 Å². The number of H-pyrrole nitrogens is 1. The van der Waals surface area contributed by atoms with Crippen molar-refractivity contribution >= 4 is 5.78 Å². The topological polar surface area (TPSA) is 81.2 Å². The van der Waals surface area contributed by atoms with Crippen LogP contribution in [0.5, 0.6) is 5.75 Å². The first-order valence-corrected chi connectivity index (χ1v) is 5.68. The van der Waals surface area contributed by atoms with Crippen molar-refractivity contribution in [3.8, 4) is 5.75 Å². The van der Waals surface area contributed by atoms with Crippen molar-refractivity contribution in [2.75, 3.05) is 7.11 Å². The summed E-state index contributed by atoms with van der Waals surface area (Å²) < 4.78 is 19.2. The number of benzene rings is 1. The fourth-order valence-electron chi connectivity index (χ4n) is 1.71. The molecule has 2 aromatic rings. The summed E-state index contributed by atoms with van der Waals surface area (Å²) in [5, 5.41) is 0. The number of halogens is 1. The van der Waals surface area contributed by atoms with Gasteiger partial charge in [-0.15, -0.1) is 0 Å². The van der Waals surface area contributed by atoms with E-state index in [9.17, 15) is 18.8 Å². The van der Waals surface area contributed by atoms with Crippen molar-refractivity contribution in [3.63, 3.8) is 0 Å². The van der Waals surface area contributed by atoms with E-state index in [1.165, 1.54) is 25.4 Å². The van der Waals surface area contributed by atoms with Crippen molar-refractivity contribution in [1.82, 2.24) is 9.55 Å². The monoisotopic (exact) mass is 278 g/mol. The summed E-state index contributed by atoms with van der Waals surface area (Å²) in [6, 6.07) is 4.66. The molecule has 20 heavy (non-hydrogen) atoms. The number of aromatic nitrogens is 2. The van der Waals surface area contributed by atoms with Gasteiger partial charge >= 0.3 is 5.69 Å². The summed E-state index contributed by atoms with van der Waals surface area (Å²) in [4.78, 5) is 36.5. The molecule has 0 saturated heterocycles. The quantitative estimate of drug-likeness (QED) is 0.829. The normalized spacial score (nSPS) is 10.3. The van der Waals surface area contributed by atoms with E-state index in [-0.39, 0.29) is 17.9 Å². The van der Waals surface area contributed by atoms with Crippen LogP contribution in [0.2, 0.25) is 0 Å². The summed E-state index contributed by atoms with van der Waals surface area (Å²) in [6.45, 7) is -0.324. The summed E-state index contributed by atoms with van der Waals surface area (Å²) in [7, 11) is 1.36. The number of ketones is 1. The maximum Gasteiger partial charge on any atom is 0.328 e. The van der Waals surface area contributed by atoms with Crippen LogP contribution >= 0.6 is 0 Å². The molecular weight excluding hydrogens is 267 g/mol. The first-order valence-electron chi connectivity index (χ1n) is 5.68. The minimum absolute atomic E-state index is 0.0330. The highest BCUT2D eigenvalue weighted by atomic mass is 19.1. The van der Waals surface area contributed by atoms with Gasteiger partial charge in [-0.25, -0.2) is 9.18 Å². The number of hydrogen-bond acceptors (Lipinski definition) is 4. The van der Waals surface area contributed by atoms with Crippen LogP contribution in [0.15, 0.2) is 40.1 Å². The Kier molecular flexibility index (Phi) is 3.79. The number of aromatic amines is 1. The van der Waals surface area contributed by atoms with Gasteiger partial charge in [0.25, 0.3) is 5.56 Å². The third kappa shape index (κ3) is 2.82. The van der Waals surface area contributed by atoms with Gasteiger partial charge in [0.1, 0.15) is 11.6 Å². The molecule has 0 bridgehead atoms. The van der Waals surface area contributed by atoms with E-state index in [4.69, 9.17) is 4.74 Å². The number of rotatable bonds is 4. The summed E-state index contributed by atoms with van der Waals surface area (Å²) in [6.07, 6.45) is 1.20. The molecule has 0 aliphatic heterocycles. The molecule has 1 aromatic heterocycles. The van der Waals surface area contributed by atoms with Gasteiger partial charge in [0, 0.05) is 12.3 Å². The lowest BCUT2D eigenvalue weighted by Gasteiger charge is -2.08. The number of nitrogens with one attached hydrogen (secondary N) is 1. The van der Waals surface area contributed by atoms with Crippen LogP contribution in [-0.4, -0.2) is 22.4 Å². The second-order valence-corrected chi connectivity index (χ2v) is 4.01. The lowest BCUT2D eigenvalue weighted by atomic mass is 10.1. The standard InChI is InChI=1S/C13H11FN2O4/c1-20-11-3-2-8(14)6-9(11)10(17)7-16-5-4-12(18)15-13(16)19/h2-6H,7H2,1H3,(H,15,18,19). The van der Waals surface area contributed by atoms with E-state index in [1.54, 1.807) is 0 Å². The molecule has 0 fully saturated rings. The van der Waals surface area contributed by atoms with Gasteiger partial charge in [0.05, 0.1) is 19.2 Å². The van der Waals surface area contributed by atoms with E-state index in [2.05, 4.69) is 0 Å². The van der Waals surface area contributed by atoms with Crippen LogP contribution in [-0.2, 0) is 6.54 Å². The second-order valence-electron chi connectivity index (χ2n) is 4.01. The van der Waals surface area contributed by atoms with Crippen molar-refractivity contribution in [1.29, 1.82) is 0 Å². The Morgan fingerprint density at radius 2 is 2.10 bits per heavy atom. The molecule has 1 N–H and O–H groups in total. The predicted octanol–water partition coefficient (Wildman–Crippen LogP) is 0.567. The molecule has 2 rings (SSSR count). The molecule has 0 aliphatic rings. The minimum Gasteiger partial charge on any atom is -0.496 e. The Labute approximate surface area is 112 Å². The molecule has 0 spiro atoms. The van der Waals surface area contributed by atoms with Crippen molar-refractivity contribution in [2.24, 2.45) is 0 Å². The number of carbonyl (C=O) groups is 1.